The normalized spacial score (nSPS) is 13.8. The molecule has 0 unspecified atom stereocenters. The van der Waals surface area contributed by atoms with E-state index in [2.05, 4.69) is 31.9 Å². The first-order valence-corrected chi connectivity index (χ1v) is 8.83. The third kappa shape index (κ3) is 3.45. The van der Waals surface area contributed by atoms with Crippen molar-refractivity contribution < 1.29 is 14.3 Å². The molecular formula is C18H16Br2O3. The Balaban J connectivity index is 2.14. The zero-order valence-corrected chi connectivity index (χ0v) is 16.2. The minimum Gasteiger partial charge on any atom is -0.459 e. The highest BCUT2D eigenvalue weighted by Crippen LogP contribution is 2.46. The number of rotatable bonds is 1. The fourth-order valence-electron chi connectivity index (χ4n) is 2.58. The summed E-state index contributed by atoms with van der Waals surface area (Å²) < 4.78 is 13.4. The number of carbonyl (C=O) groups excluding carboxylic acids is 1. The van der Waals surface area contributed by atoms with Crippen LogP contribution in [0.3, 0.4) is 0 Å². The van der Waals surface area contributed by atoms with Crippen molar-refractivity contribution in [2.24, 2.45) is 0 Å². The lowest BCUT2D eigenvalue weighted by molar-refractivity contribution is -0.155. The number of fused-ring (bicyclic) bond motifs is 2. The van der Waals surface area contributed by atoms with Crippen molar-refractivity contribution >= 4 is 37.8 Å². The molecule has 3 rings (SSSR count). The van der Waals surface area contributed by atoms with E-state index in [0.29, 0.717) is 11.5 Å². The van der Waals surface area contributed by atoms with Crippen LogP contribution in [0.15, 0.2) is 45.3 Å². The minimum atomic E-state index is -0.548. The number of carbonyl (C=O) groups is 1. The van der Waals surface area contributed by atoms with Crippen molar-refractivity contribution in [1.29, 1.82) is 0 Å². The van der Waals surface area contributed by atoms with E-state index in [0.717, 1.165) is 20.1 Å². The van der Waals surface area contributed by atoms with Crippen LogP contribution in [-0.2, 0) is 9.53 Å². The van der Waals surface area contributed by atoms with Crippen LogP contribution in [0.2, 0.25) is 0 Å². The molecule has 0 atom stereocenters. The molecule has 0 aliphatic carbocycles. The maximum absolute atomic E-state index is 12.9. The van der Waals surface area contributed by atoms with Crippen LogP contribution >= 0.6 is 31.9 Å². The van der Waals surface area contributed by atoms with Crippen LogP contribution in [0.5, 0.6) is 11.5 Å². The summed E-state index contributed by atoms with van der Waals surface area (Å²) in [5.74, 6) is 0.570. The largest absolute Gasteiger partial charge is 0.459 e. The summed E-state index contributed by atoms with van der Waals surface area (Å²) in [6.07, 6.45) is 0. The third-order valence-corrected chi connectivity index (χ3v) is 4.41. The van der Waals surface area contributed by atoms with Gasteiger partial charge in [-0.1, -0.05) is 31.9 Å². The fourth-order valence-corrected chi connectivity index (χ4v) is 3.33. The maximum atomic E-state index is 12.9. The monoisotopic (exact) mass is 438 g/mol. The first-order valence-electron chi connectivity index (χ1n) is 7.24. The molecule has 0 aromatic heterocycles. The average molecular weight is 440 g/mol. The number of hydrogen-bond acceptors (Lipinski definition) is 3. The molecule has 2 aromatic rings. The minimum absolute atomic E-state index is 0.278. The second kappa shape index (κ2) is 5.95. The molecule has 0 saturated heterocycles. The molecule has 2 aromatic carbocycles. The summed E-state index contributed by atoms with van der Waals surface area (Å²) in [7, 11) is 0. The van der Waals surface area contributed by atoms with E-state index >= 15 is 0 Å². The lowest BCUT2D eigenvalue weighted by atomic mass is 9.88. The Hall–Kier alpha value is -1.33. The zero-order valence-electron chi connectivity index (χ0n) is 13.0. The Kier molecular flexibility index (Phi) is 4.27. The van der Waals surface area contributed by atoms with Gasteiger partial charge in [0.1, 0.15) is 23.0 Å². The molecular weight excluding hydrogens is 424 g/mol. The third-order valence-electron chi connectivity index (χ3n) is 3.43. The van der Waals surface area contributed by atoms with E-state index in [4.69, 9.17) is 9.47 Å². The Morgan fingerprint density at radius 3 is 1.91 bits per heavy atom. The van der Waals surface area contributed by atoms with Crippen molar-refractivity contribution in [3.05, 3.63) is 56.5 Å². The molecule has 1 aliphatic rings. The second-order valence-electron chi connectivity index (χ2n) is 6.43. The van der Waals surface area contributed by atoms with Gasteiger partial charge in [-0.05, 0) is 57.2 Å². The van der Waals surface area contributed by atoms with E-state index in [1.54, 1.807) is 0 Å². The van der Waals surface area contributed by atoms with Gasteiger partial charge in [0.05, 0.1) is 0 Å². The van der Waals surface area contributed by atoms with Gasteiger partial charge in [-0.2, -0.15) is 0 Å². The van der Waals surface area contributed by atoms with Gasteiger partial charge in [0.15, 0.2) is 0 Å². The maximum Gasteiger partial charge on any atom is 0.318 e. The average Bonchev–Trinajstić information content (AvgIpc) is 2.43. The second-order valence-corrected chi connectivity index (χ2v) is 8.26. The van der Waals surface area contributed by atoms with Crippen molar-refractivity contribution in [1.82, 2.24) is 0 Å². The first kappa shape index (κ1) is 16.5. The van der Waals surface area contributed by atoms with E-state index in [1.807, 2.05) is 57.2 Å². The number of hydrogen-bond donors (Lipinski definition) is 0. The Bertz CT molecular complexity index is 727. The van der Waals surface area contributed by atoms with Gasteiger partial charge in [0, 0.05) is 20.1 Å². The van der Waals surface area contributed by atoms with E-state index in [-0.39, 0.29) is 5.97 Å². The standard InChI is InChI=1S/C18H16Br2O3/c1-18(2,3)23-17(21)16-12-8-10(19)4-6-14(12)22-15-7-5-11(20)9-13(15)16/h4-9,16H,1-3H3. The first-order chi connectivity index (χ1) is 10.7. The number of halogens is 2. The predicted molar refractivity (Wildman–Crippen MR) is 96.0 cm³/mol. The van der Waals surface area contributed by atoms with Gasteiger partial charge in [-0.15, -0.1) is 0 Å². The van der Waals surface area contributed by atoms with Gasteiger partial charge in [-0.25, -0.2) is 0 Å². The number of esters is 1. The highest BCUT2D eigenvalue weighted by molar-refractivity contribution is 9.10. The zero-order chi connectivity index (χ0) is 16.8. The smallest absolute Gasteiger partial charge is 0.318 e. The molecule has 1 aliphatic heterocycles. The molecule has 23 heavy (non-hydrogen) atoms. The predicted octanol–water partition coefficient (Wildman–Crippen LogP) is 5.79. The summed E-state index contributed by atoms with van der Waals surface area (Å²) in [6, 6.07) is 11.3. The molecule has 3 nitrogen and oxygen atoms in total. The van der Waals surface area contributed by atoms with Crippen LogP contribution in [0.1, 0.15) is 37.8 Å². The van der Waals surface area contributed by atoms with Crippen molar-refractivity contribution in [2.75, 3.05) is 0 Å². The van der Waals surface area contributed by atoms with E-state index < -0.39 is 11.5 Å². The van der Waals surface area contributed by atoms with Gasteiger partial charge in [-0.3, -0.25) is 4.79 Å². The van der Waals surface area contributed by atoms with Gasteiger partial charge in [0.2, 0.25) is 0 Å². The van der Waals surface area contributed by atoms with E-state index in [1.165, 1.54) is 0 Å². The van der Waals surface area contributed by atoms with Crippen LogP contribution in [0.25, 0.3) is 0 Å². The number of ether oxygens (including phenoxy) is 2. The topological polar surface area (TPSA) is 35.5 Å². The van der Waals surface area contributed by atoms with Crippen LogP contribution in [0, 0.1) is 0 Å². The van der Waals surface area contributed by atoms with Crippen LogP contribution in [0.4, 0.5) is 0 Å². The molecule has 120 valence electrons. The SMILES string of the molecule is CC(C)(C)OC(=O)C1c2cc(Br)ccc2Oc2ccc(Br)cc21. The van der Waals surface area contributed by atoms with E-state index in [9.17, 15) is 4.79 Å². The van der Waals surface area contributed by atoms with Crippen LogP contribution in [-0.4, -0.2) is 11.6 Å². The summed E-state index contributed by atoms with van der Waals surface area (Å²) in [6.45, 7) is 5.61. The number of benzene rings is 2. The summed E-state index contributed by atoms with van der Waals surface area (Å²) in [5.41, 5.74) is 1.06. The molecule has 0 spiro atoms. The molecule has 0 N–H and O–H groups in total. The summed E-state index contributed by atoms with van der Waals surface area (Å²) in [5, 5.41) is 0. The lowest BCUT2D eigenvalue weighted by Gasteiger charge is -2.30. The van der Waals surface area contributed by atoms with Crippen LogP contribution < -0.4 is 4.74 Å². The van der Waals surface area contributed by atoms with Gasteiger partial charge < -0.3 is 9.47 Å². The van der Waals surface area contributed by atoms with Crippen molar-refractivity contribution in [3.8, 4) is 11.5 Å². The van der Waals surface area contributed by atoms with Crippen molar-refractivity contribution in [2.45, 2.75) is 32.3 Å². The highest BCUT2D eigenvalue weighted by Gasteiger charge is 2.36. The summed E-state index contributed by atoms with van der Waals surface area (Å²) in [4.78, 5) is 12.9. The summed E-state index contributed by atoms with van der Waals surface area (Å²) >= 11 is 6.93. The Morgan fingerprint density at radius 1 is 1.00 bits per heavy atom. The molecule has 5 heteroatoms. The quantitative estimate of drug-likeness (QED) is 0.527. The molecule has 0 bridgehead atoms. The fraction of sp³-hybridized carbons (Fsp3) is 0.278. The molecule has 0 saturated carbocycles. The molecule has 0 amide bonds. The Morgan fingerprint density at radius 2 is 1.48 bits per heavy atom. The highest BCUT2D eigenvalue weighted by atomic mass is 79.9. The van der Waals surface area contributed by atoms with Crippen molar-refractivity contribution in [3.63, 3.8) is 0 Å². The Labute approximate surface area is 152 Å². The molecule has 0 fully saturated rings. The van der Waals surface area contributed by atoms with Gasteiger partial charge >= 0.3 is 5.97 Å². The molecule has 0 radical (unpaired) electrons. The lowest BCUT2D eigenvalue weighted by Crippen LogP contribution is -2.29. The van der Waals surface area contributed by atoms with Gasteiger partial charge in [0.25, 0.3) is 0 Å². The molecule has 1 heterocycles.